The minimum atomic E-state index is -0.638. The van der Waals surface area contributed by atoms with Gasteiger partial charge in [-0.25, -0.2) is 9.78 Å². The summed E-state index contributed by atoms with van der Waals surface area (Å²) in [7, 11) is 1.24. The number of hydrogen-bond acceptors (Lipinski definition) is 5. The number of rotatable bonds is 3. The number of hydrogen-bond donors (Lipinski definition) is 0. The van der Waals surface area contributed by atoms with Crippen LogP contribution >= 0.6 is 11.8 Å². The van der Waals surface area contributed by atoms with E-state index in [9.17, 15) is 4.79 Å². The van der Waals surface area contributed by atoms with E-state index >= 15 is 0 Å². The minimum Gasteiger partial charge on any atom is -0.465 e. The zero-order valence-corrected chi connectivity index (χ0v) is 8.82. The average Bonchev–Trinajstić information content (AvgIpc) is 2.31. The maximum absolute atomic E-state index is 11.0. The monoisotopic (exact) mass is 220 g/mol. The van der Waals surface area contributed by atoms with Crippen molar-refractivity contribution in [1.82, 2.24) is 4.98 Å². The van der Waals surface area contributed by atoms with Crippen molar-refractivity contribution in [3.05, 3.63) is 35.4 Å². The Morgan fingerprint density at radius 2 is 2.47 bits per heavy atom. The molecule has 0 fully saturated rings. The molecule has 4 nitrogen and oxygen atoms in total. The van der Waals surface area contributed by atoms with E-state index in [1.165, 1.54) is 24.3 Å². The first-order valence-corrected chi connectivity index (χ1v) is 4.92. The summed E-state index contributed by atoms with van der Waals surface area (Å²) < 4.78 is 4.43. The minimum absolute atomic E-state index is 0.0341. The van der Waals surface area contributed by atoms with Crippen LogP contribution in [0.15, 0.2) is 40.4 Å². The fraction of sp³-hybridized carbons (Fsp3) is 0.100. The predicted molar refractivity (Wildman–Crippen MR) is 55.8 cm³/mol. The number of methoxy groups -OCH3 is 1. The van der Waals surface area contributed by atoms with Crippen LogP contribution in [0.1, 0.15) is 0 Å². The topological polar surface area (TPSA) is 63.0 Å². The van der Waals surface area contributed by atoms with Crippen LogP contribution in [-0.4, -0.2) is 18.1 Å². The number of pyridine rings is 1. The fourth-order valence-corrected chi connectivity index (χ4v) is 1.43. The Morgan fingerprint density at radius 3 is 3.00 bits per heavy atom. The molecule has 1 aromatic rings. The van der Waals surface area contributed by atoms with Crippen LogP contribution in [0.4, 0.5) is 0 Å². The molecule has 0 radical (unpaired) electrons. The van der Waals surface area contributed by atoms with Crippen molar-refractivity contribution < 1.29 is 9.53 Å². The Labute approximate surface area is 91.6 Å². The van der Waals surface area contributed by atoms with Crippen LogP contribution < -0.4 is 0 Å². The smallest absolute Gasteiger partial charge is 0.349 e. The first-order valence-electron chi connectivity index (χ1n) is 4.04. The third-order valence-electron chi connectivity index (χ3n) is 1.46. The van der Waals surface area contributed by atoms with E-state index in [0.717, 1.165) is 0 Å². The molecular formula is C10H8N2O2S. The largest absolute Gasteiger partial charge is 0.465 e. The third kappa shape index (κ3) is 3.44. The predicted octanol–water partition coefficient (Wildman–Crippen LogP) is 1.75. The van der Waals surface area contributed by atoms with Gasteiger partial charge in [-0.2, -0.15) is 5.26 Å². The van der Waals surface area contributed by atoms with Gasteiger partial charge in [0.1, 0.15) is 16.7 Å². The van der Waals surface area contributed by atoms with Crippen molar-refractivity contribution in [2.24, 2.45) is 0 Å². The van der Waals surface area contributed by atoms with Gasteiger partial charge < -0.3 is 4.74 Å². The number of thioether (sulfide) groups is 1. The molecule has 15 heavy (non-hydrogen) atoms. The molecule has 76 valence electrons. The molecule has 1 aromatic heterocycles. The van der Waals surface area contributed by atoms with Gasteiger partial charge in [0.2, 0.25) is 0 Å². The van der Waals surface area contributed by atoms with Crippen LogP contribution in [0, 0.1) is 11.3 Å². The Kier molecular flexibility index (Phi) is 4.38. The highest BCUT2D eigenvalue weighted by atomic mass is 32.2. The lowest BCUT2D eigenvalue weighted by Gasteiger charge is -1.96. The summed E-state index contributed by atoms with van der Waals surface area (Å²) in [5.41, 5.74) is -0.0341. The SMILES string of the molecule is COC(=O)C(C#N)=CSc1ccccn1. The number of nitriles is 1. The summed E-state index contributed by atoms with van der Waals surface area (Å²) >= 11 is 1.20. The van der Waals surface area contributed by atoms with Gasteiger partial charge in [0, 0.05) is 11.6 Å². The number of carbonyl (C=O) groups is 1. The summed E-state index contributed by atoms with van der Waals surface area (Å²) in [6, 6.07) is 7.16. The first-order chi connectivity index (χ1) is 7.27. The van der Waals surface area contributed by atoms with Crippen LogP contribution in [0.5, 0.6) is 0 Å². The van der Waals surface area contributed by atoms with Crippen LogP contribution in [0.3, 0.4) is 0 Å². The molecule has 0 saturated heterocycles. The molecule has 0 aliphatic carbocycles. The van der Waals surface area contributed by atoms with Gasteiger partial charge in [-0.05, 0) is 12.1 Å². The van der Waals surface area contributed by atoms with E-state index in [0.29, 0.717) is 5.03 Å². The fourth-order valence-electron chi connectivity index (χ4n) is 0.766. The van der Waals surface area contributed by atoms with E-state index in [1.807, 2.05) is 6.07 Å². The Bertz CT molecular complexity index is 409. The van der Waals surface area contributed by atoms with Crippen molar-refractivity contribution in [3.8, 4) is 6.07 Å². The van der Waals surface area contributed by atoms with E-state index < -0.39 is 5.97 Å². The highest BCUT2D eigenvalue weighted by Crippen LogP contribution is 2.17. The highest BCUT2D eigenvalue weighted by Gasteiger charge is 2.07. The van der Waals surface area contributed by atoms with Crippen LogP contribution in [0.2, 0.25) is 0 Å². The lowest BCUT2D eigenvalue weighted by molar-refractivity contribution is -0.135. The van der Waals surface area contributed by atoms with Gasteiger partial charge in [0.05, 0.1) is 7.11 Å². The Balaban J connectivity index is 2.72. The average molecular weight is 220 g/mol. The van der Waals surface area contributed by atoms with Crippen molar-refractivity contribution in [3.63, 3.8) is 0 Å². The second-order valence-corrected chi connectivity index (χ2v) is 3.31. The zero-order valence-electron chi connectivity index (χ0n) is 8.01. The van der Waals surface area contributed by atoms with Gasteiger partial charge in [-0.15, -0.1) is 0 Å². The summed E-state index contributed by atoms with van der Waals surface area (Å²) in [5, 5.41) is 10.8. The molecule has 1 rings (SSSR count). The van der Waals surface area contributed by atoms with Gasteiger partial charge >= 0.3 is 5.97 Å². The van der Waals surface area contributed by atoms with Gasteiger partial charge in [-0.3, -0.25) is 0 Å². The summed E-state index contributed by atoms with van der Waals surface area (Å²) in [4.78, 5) is 15.0. The van der Waals surface area contributed by atoms with Gasteiger partial charge in [0.25, 0.3) is 0 Å². The number of aromatic nitrogens is 1. The summed E-state index contributed by atoms with van der Waals surface area (Å²) in [6.07, 6.45) is 1.64. The Morgan fingerprint density at radius 1 is 1.67 bits per heavy atom. The number of ether oxygens (including phenoxy) is 1. The first kappa shape index (κ1) is 11.3. The molecule has 0 unspecified atom stereocenters. The molecule has 0 bridgehead atoms. The molecule has 0 aliphatic heterocycles. The molecule has 0 amide bonds. The standard InChI is InChI=1S/C10H8N2O2S/c1-14-10(13)8(6-11)7-15-9-4-2-3-5-12-9/h2-5,7H,1H3. The normalized spacial score (nSPS) is 10.5. The number of esters is 1. The van der Waals surface area contributed by atoms with Crippen molar-refractivity contribution >= 4 is 17.7 Å². The molecule has 1 heterocycles. The van der Waals surface area contributed by atoms with Crippen molar-refractivity contribution in [2.45, 2.75) is 5.03 Å². The maximum atomic E-state index is 11.0. The lowest BCUT2D eigenvalue weighted by Crippen LogP contribution is -2.02. The van der Waals surface area contributed by atoms with Crippen LogP contribution in [-0.2, 0) is 9.53 Å². The van der Waals surface area contributed by atoms with Gasteiger partial charge in [-0.1, -0.05) is 17.8 Å². The van der Waals surface area contributed by atoms with Crippen LogP contribution in [0.25, 0.3) is 0 Å². The second-order valence-electron chi connectivity index (χ2n) is 2.42. The molecule has 0 aliphatic rings. The molecule has 0 saturated carbocycles. The summed E-state index contributed by atoms with van der Waals surface area (Å²) in [6.45, 7) is 0. The summed E-state index contributed by atoms with van der Waals surface area (Å²) in [5.74, 6) is -0.638. The van der Waals surface area contributed by atoms with E-state index in [1.54, 1.807) is 24.4 Å². The van der Waals surface area contributed by atoms with Crippen molar-refractivity contribution in [1.29, 1.82) is 5.26 Å². The van der Waals surface area contributed by atoms with E-state index in [-0.39, 0.29) is 5.57 Å². The van der Waals surface area contributed by atoms with Crippen molar-refractivity contribution in [2.75, 3.05) is 7.11 Å². The second kappa shape index (κ2) is 5.83. The maximum Gasteiger partial charge on any atom is 0.349 e. The molecule has 5 heteroatoms. The molecule has 0 atom stereocenters. The lowest BCUT2D eigenvalue weighted by atomic mass is 10.3. The number of nitrogens with zero attached hydrogens (tertiary/aromatic N) is 2. The number of carbonyl (C=O) groups excluding carboxylic acids is 1. The molecule has 0 aromatic carbocycles. The van der Waals surface area contributed by atoms with E-state index in [4.69, 9.17) is 5.26 Å². The zero-order chi connectivity index (χ0) is 11.1. The van der Waals surface area contributed by atoms with Gasteiger partial charge in [0.15, 0.2) is 0 Å². The molecular weight excluding hydrogens is 212 g/mol. The van der Waals surface area contributed by atoms with E-state index in [2.05, 4.69) is 9.72 Å². The molecule has 0 spiro atoms. The third-order valence-corrected chi connectivity index (χ3v) is 2.30. The highest BCUT2D eigenvalue weighted by molar-refractivity contribution is 8.02. The molecule has 0 N–H and O–H groups in total. The Hall–Kier alpha value is -1.80. The quantitative estimate of drug-likeness (QED) is 0.336.